The van der Waals surface area contributed by atoms with Gasteiger partial charge in [-0.15, -0.1) is 0 Å². The van der Waals surface area contributed by atoms with Crippen LogP contribution < -0.4 is 25.0 Å². The Morgan fingerprint density at radius 1 is 0.917 bits per heavy atom. The summed E-state index contributed by atoms with van der Waals surface area (Å²) in [5.41, 5.74) is 5.47. The molecule has 0 aliphatic carbocycles. The Balaban J connectivity index is 1.49. The van der Waals surface area contributed by atoms with Gasteiger partial charge in [0.1, 0.15) is 5.75 Å². The predicted octanol–water partition coefficient (Wildman–Crippen LogP) is 4.96. The van der Waals surface area contributed by atoms with Crippen molar-refractivity contribution in [2.45, 2.75) is 27.2 Å². The van der Waals surface area contributed by atoms with E-state index in [2.05, 4.69) is 15.8 Å². The van der Waals surface area contributed by atoms with Crippen molar-refractivity contribution in [3.8, 4) is 17.2 Å². The first-order chi connectivity index (χ1) is 17.5. The third kappa shape index (κ3) is 8.16. The zero-order valence-corrected chi connectivity index (χ0v) is 20.7. The fourth-order valence-electron chi connectivity index (χ4n) is 3.20. The molecule has 8 nitrogen and oxygen atoms in total. The summed E-state index contributed by atoms with van der Waals surface area (Å²) in [5.74, 6) is 1.06. The Bertz CT molecular complexity index is 1190. The second kappa shape index (κ2) is 13.5. The standard InChI is InChI=1S/C28H31N3O5/c1-4-15-35-25-14-11-22(17-26(25)34-5-2)28(33)31-29-18-21-9-12-24(13-10-21)36-19-27(32)30-23-8-6-7-20(3)16-23/h6-14,16-18H,4-5,15,19H2,1-3H3,(H,30,32)(H,31,33)/b29-18+. The maximum absolute atomic E-state index is 12.5. The van der Waals surface area contributed by atoms with Gasteiger partial charge in [-0.05, 0) is 86.0 Å². The van der Waals surface area contributed by atoms with Gasteiger partial charge in [0.05, 0.1) is 19.4 Å². The summed E-state index contributed by atoms with van der Waals surface area (Å²) in [6.45, 7) is 6.78. The number of hydrazone groups is 1. The number of anilines is 1. The summed E-state index contributed by atoms with van der Waals surface area (Å²) in [6.07, 6.45) is 2.40. The SMILES string of the molecule is CCCOc1ccc(C(=O)N/N=C/c2ccc(OCC(=O)Nc3cccc(C)c3)cc2)cc1OCC. The van der Waals surface area contributed by atoms with Gasteiger partial charge in [-0.25, -0.2) is 5.43 Å². The second-order valence-electron chi connectivity index (χ2n) is 7.92. The van der Waals surface area contributed by atoms with Crippen molar-refractivity contribution in [2.75, 3.05) is 25.1 Å². The molecule has 0 saturated carbocycles. The molecule has 188 valence electrons. The molecule has 8 heteroatoms. The molecule has 0 heterocycles. The van der Waals surface area contributed by atoms with Crippen LogP contribution in [-0.2, 0) is 4.79 Å². The summed E-state index contributed by atoms with van der Waals surface area (Å²) >= 11 is 0. The number of hydrogen-bond donors (Lipinski definition) is 2. The van der Waals surface area contributed by atoms with E-state index >= 15 is 0 Å². The molecule has 36 heavy (non-hydrogen) atoms. The van der Waals surface area contributed by atoms with Crippen molar-refractivity contribution in [3.05, 3.63) is 83.4 Å². The van der Waals surface area contributed by atoms with Crippen LogP contribution in [0.2, 0.25) is 0 Å². The molecule has 0 aliphatic heterocycles. The van der Waals surface area contributed by atoms with Crippen molar-refractivity contribution in [2.24, 2.45) is 5.10 Å². The van der Waals surface area contributed by atoms with Crippen LogP contribution >= 0.6 is 0 Å². The average Bonchev–Trinajstić information content (AvgIpc) is 2.87. The van der Waals surface area contributed by atoms with Gasteiger partial charge in [-0.2, -0.15) is 5.10 Å². The summed E-state index contributed by atoms with van der Waals surface area (Å²) in [4.78, 5) is 24.6. The normalized spacial score (nSPS) is 10.6. The lowest BCUT2D eigenvalue weighted by Crippen LogP contribution is -2.20. The number of carbonyl (C=O) groups is 2. The molecule has 2 amide bonds. The summed E-state index contributed by atoms with van der Waals surface area (Å²) < 4.78 is 16.8. The Hall–Kier alpha value is -4.33. The summed E-state index contributed by atoms with van der Waals surface area (Å²) in [6, 6.07) is 19.6. The topological polar surface area (TPSA) is 98.3 Å². The smallest absolute Gasteiger partial charge is 0.271 e. The van der Waals surface area contributed by atoms with Gasteiger partial charge in [0, 0.05) is 11.3 Å². The minimum atomic E-state index is -0.367. The van der Waals surface area contributed by atoms with E-state index in [1.165, 1.54) is 6.21 Å². The maximum Gasteiger partial charge on any atom is 0.271 e. The van der Waals surface area contributed by atoms with E-state index in [-0.39, 0.29) is 18.4 Å². The van der Waals surface area contributed by atoms with E-state index in [0.29, 0.717) is 36.0 Å². The van der Waals surface area contributed by atoms with E-state index < -0.39 is 0 Å². The van der Waals surface area contributed by atoms with E-state index in [9.17, 15) is 9.59 Å². The van der Waals surface area contributed by atoms with Gasteiger partial charge < -0.3 is 19.5 Å². The zero-order valence-electron chi connectivity index (χ0n) is 20.7. The van der Waals surface area contributed by atoms with Crippen LogP contribution in [0, 0.1) is 6.92 Å². The molecule has 3 aromatic carbocycles. The van der Waals surface area contributed by atoms with Crippen LogP contribution in [0.3, 0.4) is 0 Å². The third-order valence-corrected chi connectivity index (χ3v) is 4.90. The lowest BCUT2D eigenvalue weighted by Gasteiger charge is -2.12. The Kier molecular flexibility index (Phi) is 9.88. The molecule has 0 radical (unpaired) electrons. The molecule has 0 unspecified atom stereocenters. The molecular formula is C28H31N3O5. The molecule has 3 aromatic rings. The zero-order chi connectivity index (χ0) is 25.8. The summed E-state index contributed by atoms with van der Waals surface area (Å²) in [5, 5.41) is 6.82. The highest BCUT2D eigenvalue weighted by Crippen LogP contribution is 2.28. The summed E-state index contributed by atoms with van der Waals surface area (Å²) in [7, 11) is 0. The van der Waals surface area contributed by atoms with Crippen LogP contribution in [-0.4, -0.2) is 37.8 Å². The van der Waals surface area contributed by atoms with E-state index in [1.54, 1.807) is 42.5 Å². The number of benzene rings is 3. The van der Waals surface area contributed by atoms with Crippen LogP contribution in [0.25, 0.3) is 0 Å². The highest BCUT2D eigenvalue weighted by atomic mass is 16.5. The van der Waals surface area contributed by atoms with E-state index in [0.717, 1.165) is 23.2 Å². The molecular weight excluding hydrogens is 458 g/mol. The van der Waals surface area contributed by atoms with Crippen molar-refractivity contribution < 1.29 is 23.8 Å². The van der Waals surface area contributed by atoms with E-state index in [1.807, 2.05) is 45.0 Å². The van der Waals surface area contributed by atoms with Crippen LogP contribution in [0.1, 0.15) is 41.8 Å². The van der Waals surface area contributed by atoms with Crippen molar-refractivity contribution >= 4 is 23.7 Å². The molecule has 0 aromatic heterocycles. The first-order valence-corrected chi connectivity index (χ1v) is 11.8. The van der Waals surface area contributed by atoms with Crippen LogP contribution in [0.5, 0.6) is 17.2 Å². The largest absolute Gasteiger partial charge is 0.490 e. The van der Waals surface area contributed by atoms with Gasteiger partial charge >= 0.3 is 0 Å². The van der Waals surface area contributed by atoms with Crippen molar-refractivity contribution in [3.63, 3.8) is 0 Å². The highest BCUT2D eigenvalue weighted by molar-refractivity contribution is 5.95. The fourth-order valence-corrected chi connectivity index (χ4v) is 3.20. The first-order valence-electron chi connectivity index (χ1n) is 11.8. The Labute approximate surface area is 211 Å². The van der Waals surface area contributed by atoms with Gasteiger partial charge in [0.25, 0.3) is 11.8 Å². The number of carbonyl (C=O) groups excluding carboxylic acids is 2. The molecule has 0 bridgehead atoms. The number of nitrogens with zero attached hydrogens (tertiary/aromatic N) is 1. The Morgan fingerprint density at radius 2 is 1.72 bits per heavy atom. The van der Waals surface area contributed by atoms with Gasteiger partial charge in [-0.3, -0.25) is 9.59 Å². The average molecular weight is 490 g/mol. The number of rotatable bonds is 12. The number of hydrogen-bond acceptors (Lipinski definition) is 6. The Morgan fingerprint density at radius 3 is 2.44 bits per heavy atom. The van der Waals surface area contributed by atoms with Crippen LogP contribution in [0.4, 0.5) is 5.69 Å². The molecule has 0 atom stereocenters. The molecule has 0 fully saturated rings. The first kappa shape index (κ1) is 26.3. The predicted molar refractivity (Wildman–Crippen MR) is 140 cm³/mol. The molecule has 0 saturated heterocycles. The quantitative estimate of drug-likeness (QED) is 0.277. The minimum Gasteiger partial charge on any atom is -0.490 e. The molecule has 0 spiro atoms. The van der Waals surface area contributed by atoms with Crippen LogP contribution in [0.15, 0.2) is 71.8 Å². The molecule has 2 N–H and O–H groups in total. The third-order valence-electron chi connectivity index (χ3n) is 4.90. The molecule has 3 rings (SSSR count). The van der Waals surface area contributed by atoms with Crippen molar-refractivity contribution in [1.29, 1.82) is 0 Å². The fraction of sp³-hybridized carbons (Fsp3) is 0.250. The highest BCUT2D eigenvalue weighted by Gasteiger charge is 2.11. The number of nitrogens with one attached hydrogen (secondary N) is 2. The lowest BCUT2D eigenvalue weighted by molar-refractivity contribution is -0.118. The lowest BCUT2D eigenvalue weighted by atomic mass is 10.2. The second-order valence-corrected chi connectivity index (χ2v) is 7.92. The van der Waals surface area contributed by atoms with Gasteiger partial charge in [0.2, 0.25) is 0 Å². The number of amides is 2. The van der Waals surface area contributed by atoms with Gasteiger partial charge in [-0.1, -0.05) is 19.1 Å². The number of ether oxygens (including phenoxy) is 3. The van der Waals surface area contributed by atoms with Gasteiger partial charge in [0.15, 0.2) is 18.1 Å². The molecule has 0 aliphatic rings. The van der Waals surface area contributed by atoms with Crippen molar-refractivity contribution in [1.82, 2.24) is 5.43 Å². The number of aryl methyl sites for hydroxylation is 1. The van der Waals surface area contributed by atoms with E-state index in [4.69, 9.17) is 14.2 Å². The monoisotopic (exact) mass is 489 g/mol. The maximum atomic E-state index is 12.5. The minimum absolute atomic E-state index is 0.108.